The Bertz CT molecular complexity index is 1510. The standard InChI is InChI=1S/C27H29N9O3/c1-18-30-31-24-15-34(10-11-36(18)24)13-20-8-9-23-22(12-20)33(2)27(38)21(16-39-23)29-26(37)25-28-17-35(32-25)14-19-6-4-3-5-7-19/h3-9,12,17,21H,10-11,13-16H2,1-2H3,(H,29,37). The molecule has 2 aliphatic heterocycles. The molecule has 0 saturated heterocycles. The zero-order chi connectivity index (χ0) is 26.9. The van der Waals surface area contributed by atoms with Crippen LogP contribution in [0, 0.1) is 6.92 Å². The molecule has 0 saturated carbocycles. The second-order valence-corrected chi connectivity index (χ2v) is 9.81. The molecule has 1 unspecified atom stereocenters. The minimum absolute atomic E-state index is 0.00186. The van der Waals surface area contributed by atoms with Crippen LogP contribution in [0.3, 0.4) is 0 Å². The summed E-state index contributed by atoms with van der Waals surface area (Å²) in [6, 6.07) is 14.7. The van der Waals surface area contributed by atoms with Crippen molar-refractivity contribution in [2.45, 2.75) is 39.1 Å². The number of amides is 2. The third-order valence-corrected chi connectivity index (χ3v) is 7.07. The topological polar surface area (TPSA) is 123 Å². The Morgan fingerprint density at radius 1 is 1.08 bits per heavy atom. The third kappa shape index (κ3) is 5.10. The van der Waals surface area contributed by atoms with E-state index in [9.17, 15) is 9.59 Å². The summed E-state index contributed by atoms with van der Waals surface area (Å²) in [6.07, 6.45) is 1.50. The monoisotopic (exact) mass is 527 g/mol. The second-order valence-electron chi connectivity index (χ2n) is 9.81. The number of nitrogens with zero attached hydrogens (tertiary/aromatic N) is 8. The molecule has 4 aromatic rings. The first-order valence-corrected chi connectivity index (χ1v) is 12.8. The molecule has 0 spiro atoms. The maximum atomic E-state index is 13.3. The molecule has 0 fully saturated rings. The summed E-state index contributed by atoms with van der Waals surface area (Å²) in [4.78, 5) is 34.2. The van der Waals surface area contributed by atoms with E-state index in [1.807, 2.05) is 55.5 Å². The average molecular weight is 528 g/mol. The minimum atomic E-state index is -0.879. The molecule has 6 rings (SSSR count). The highest BCUT2D eigenvalue weighted by molar-refractivity contribution is 6.02. The smallest absolute Gasteiger partial charge is 0.291 e. The lowest BCUT2D eigenvalue weighted by atomic mass is 10.1. The van der Waals surface area contributed by atoms with E-state index in [0.29, 0.717) is 31.1 Å². The average Bonchev–Trinajstić information content (AvgIpc) is 3.55. The van der Waals surface area contributed by atoms with E-state index in [0.717, 1.165) is 35.9 Å². The predicted octanol–water partition coefficient (Wildman–Crippen LogP) is 1.40. The van der Waals surface area contributed by atoms with Gasteiger partial charge in [0.2, 0.25) is 5.82 Å². The quantitative estimate of drug-likeness (QED) is 0.399. The highest BCUT2D eigenvalue weighted by Crippen LogP contribution is 2.32. The van der Waals surface area contributed by atoms with Gasteiger partial charge in [-0.3, -0.25) is 14.5 Å². The van der Waals surface area contributed by atoms with Crippen LogP contribution in [0.25, 0.3) is 0 Å². The molecule has 2 aliphatic rings. The minimum Gasteiger partial charge on any atom is -0.489 e. The van der Waals surface area contributed by atoms with Crippen molar-refractivity contribution in [1.82, 2.24) is 39.7 Å². The number of aromatic nitrogens is 6. The Morgan fingerprint density at radius 3 is 2.77 bits per heavy atom. The number of benzene rings is 2. The van der Waals surface area contributed by atoms with Gasteiger partial charge in [-0.15, -0.1) is 15.3 Å². The molecule has 200 valence electrons. The molecule has 1 atom stereocenters. The van der Waals surface area contributed by atoms with Crippen LogP contribution in [0.4, 0.5) is 5.69 Å². The summed E-state index contributed by atoms with van der Waals surface area (Å²) in [5.41, 5.74) is 2.76. The second kappa shape index (κ2) is 10.3. The van der Waals surface area contributed by atoms with Gasteiger partial charge in [-0.1, -0.05) is 36.4 Å². The molecule has 2 amide bonds. The number of ether oxygens (including phenoxy) is 1. The van der Waals surface area contributed by atoms with Crippen molar-refractivity contribution in [3.05, 3.63) is 83.5 Å². The van der Waals surface area contributed by atoms with Gasteiger partial charge < -0.3 is 19.5 Å². The number of likely N-dealkylation sites (N-methyl/N-ethyl adjacent to an activating group) is 1. The van der Waals surface area contributed by atoms with Crippen LogP contribution in [0.5, 0.6) is 5.75 Å². The largest absolute Gasteiger partial charge is 0.489 e. The van der Waals surface area contributed by atoms with E-state index in [1.165, 1.54) is 11.2 Å². The lowest BCUT2D eigenvalue weighted by Crippen LogP contribution is -2.49. The molecule has 2 aromatic heterocycles. The van der Waals surface area contributed by atoms with E-state index < -0.39 is 11.9 Å². The summed E-state index contributed by atoms with van der Waals surface area (Å²) in [5, 5.41) is 15.5. The lowest BCUT2D eigenvalue weighted by molar-refractivity contribution is -0.120. The van der Waals surface area contributed by atoms with Crippen LogP contribution in [0.15, 0.2) is 54.9 Å². The normalized spacial score (nSPS) is 17.2. The van der Waals surface area contributed by atoms with Crippen LogP contribution >= 0.6 is 0 Å². The molecule has 0 radical (unpaired) electrons. The van der Waals surface area contributed by atoms with Crippen molar-refractivity contribution in [3.63, 3.8) is 0 Å². The molecule has 4 heterocycles. The fourth-order valence-electron chi connectivity index (χ4n) is 4.96. The molecular formula is C27H29N9O3. The Balaban J connectivity index is 1.11. The van der Waals surface area contributed by atoms with Gasteiger partial charge in [0.25, 0.3) is 11.8 Å². The van der Waals surface area contributed by atoms with Gasteiger partial charge in [0.1, 0.15) is 36.4 Å². The maximum absolute atomic E-state index is 13.3. The zero-order valence-corrected chi connectivity index (χ0v) is 21.8. The van der Waals surface area contributed by atoms with Crippen molar-refractivity contribution >= 4 is 17.5 Å². The molecular weight excluding hydrogens is 498 g/mol. The number of carbonyl (C=O) groups is 2. The SMILES string of the molecule is Cc1nnc2n1CCN(Cc1ccc3c(c1)N(C)C(=O)C(NC(=O)c1ncn(Cc4ccccc4)n1)CO3)C2. The Labute approximate surface area is 225 Å². The van der Waals surface area contributed by atoms with Crippen LogP contribution in [0.1, 0.15) is 33.4 Å². The van der Waals surface area contributed by atoms with Gasteiger partial charge in [0, 0.05) is 26.7 Å². The number of hydrogen-bond donors (Lipinski definition) is 1. The number of hydrogen-bond acceptors (Lipinski definition) is 8. The maximum Gasteiger partial charge on any atom is 0.291 e. The Morgan fingerprint density at radius 2 is 1.92 bits per heavy atom. The zero-order valence-electron chi connectivity index (χ0n) is 21.8. The highest BCUT2D eigenvalue weighted by Gasteiger charge is 2.32. The van der Waals surface area contributed by atoms with Gasteiger partial charge in [-0.05, 0) is 30.2 Å². The van der Waals surface area contributed by atoms with Crippen molar-refractivity contribution in [2.75, 3.05) is 25.1 Å². The molecule has 39 heavy (non-hydrogen) atoms. The fourth-order valence-corrected chi connectivity index (χ4v) is 4.96. The number of anilines is 1. The van der Waals surface area contributed by atoms with Crippen molar-refractivity contribution in [3.8, 4) is 5.75 Å². The molecule has 2 aromatic carbocycles. The molecule has 0 aliphatic carbocycles. The molecule has 12 nitrogen and oxygen atoms in total. The van der Waals surface area contributed by atoms with E-state index in [2.05, 4.69) is 35.1 Å². The van der Waals surface area contributed by atoms with Crippen LogP contribution in [0.2, 0.25) is 0 Å². The Hall–Kier alpha value is -4.58. The van der Waals surface area contributed by atoms with Crippen LogP contribution in [-0.2, 0) is 31.0 Å². The number of carbonyl (C=O) groups excluding carboxylic acids is 2. The van der Waals surface area contributed by atoms with Crippen LogP contribution < -0.4 is 15.0 Å². The van der Waals surface area contributed by atoms with Gasteiger partial charge >= 0.3 is 0 Å². The van der Waals surface area contributed by atoms with E-state index in [1.54, 1.807) is 11.7 Å². The molecule has 12 heteroatoms. The summed E-state index contributed by atoms with van der Waals surface area (Å²) < 4.78 is 9.69. The van der Waals surface area contributed by atoms with E-state index >= 15 is 0 Å². The number of fused-ring (bicyclic) bond motifs is 2. The fraction of sp³-hybridized carbons (Fsp3) is 0.333. The Kier molecular flexibility index (Phi) is 6.53. The van der Waals surface area contributed by atoms with Crippen LogP contribution in [-0.4, -0.2) is 72.5 Å². The van der Waals surface area contributed by atoms with Crippen molar-refractivity contribution in [2.24, 2.45) is 0 Å². The van der Waals surface area contributed by atoms with E-state index in [-0.39, 0.29) is 18.3 Å². The number of nitrogens with one attached hydrogen (secondary N) is 1. The predicted molar refractivity (Wildman–Crippen MR) is 141 cm³/mol. The van der Waals surface area contributed by atoms with Crippen molar-refractivity contribution < 1.29 is 14.3 Å². The first kappa shape index (κ1) is 24.7. The molecule has 1 N–H and O–H groups in total. The number of aryl methyl sites for hydroxylation is 1. The first-order chi connectivity index (χ1) is 18.9. The van der Waals surface area contributed by atoms with Gasteiger partial charge in [0.05, 0.1) is 18.8 Å². The van der Waals surface area contributed by atoms with Crippen molar-refractivity contribution in [1.29, 1.82) is 0 Å². The summed E-state index contributed by atoms with van der Waals surface area (Å²) in [5.74, 6) is 1.68. The number of rotatable bonds is 6. The first-order valence-electron chi connectivity index (χ1n) is 12.8. The lowest BCUT2D eigenvalue weighted by Gasteiger charge is -2.28. The summed E-state index contributed by atoms with van der Waals surface area (Å²) in [6.45, 7) is 5.62. The highest BCUT2D eigenvalue weighted by atomic mass is 16.5. The van der Waals surface area contributed by atoms with Gasteiger partial charge in [0.15, 0.2) is 0 Å². The van der Waals surface area contributed by atoms with E-state index in [4.69, 9.17) is 4.74 Å². The third-order valence-electron chi connectivity index (χ3n) is 7.07. The van der Waals surface area contributed by atoms with Gasteiger partial charge in [-0.2, -0.15) is 0 Å². The summed E-state index contributed by atoms with van der Waals surface area (Å²) >= 11 is 0. The van der Waals surface area contributed by atoms with Gasteiger partial charge in [-0.25, -0.2) is 9.67 Å². The molecule has 0 bridgehead atoms. The summed E-state index contributed by atoms with van der Waals surface area (Å²) in [7, 11) is 1.69.